The van der Waals surface area contributed by atoms with Crippen molar-refractivity contribution in [1.82, 2.24) is 10.3 Å². The van der Waals surface area contributed by atoms with Crippen LogP contribution in [0, 0.1) is 5.82 Å². The van der Waals surface area contributed by atoms with Gasteiger partial charge in [-0.25, -0.2) is 9.37 Å². The number of fused-ring (bicyclic) bond motifs is 1. The normalized spacial score (nSPS) is 23.9. The number of rotatable bonds is 3. The van der Waals surface area contributed by atoms with E-state index in [1.54, 1.807) is 11.3 Å². The SMILES string of the molecule is CCCC1(c2nc3cc(F)ccc3s2)CCNC1. The molecule has 1 saturated heterocycles. The predicted octanol–water partition coefficient (Wildman–Crippen LogP) is 3.47. The Kier molecular flexibility index (Phi) is 3.08. The molecule has 18 heavy (non-hydrogen) atoms. The van der Waals surface area contributed by atoms with Crippen molar-refractivity contribution in [1.29, 1.82) is 0 Å². The molecule has 4 heteroatoms. The lowest BCUT2D eigenvalue weighted by Crippen LogP contribution is -2.28. The van der Waals surface area contributed by atoms with Crippen LogP contribution in [0.3, 0.4) is 0 Å². The molecule has 1 aromatic carbocycles. The summed E-state index contributed by atoms with van der Waals surface area (Å²) in [5.74, 6) is -0.201. The third-order valence-corrected chi connectivity index (χ3v) is 5.06. The van der Waals surface area contributed by atoms with Gasteiger partial charge >= 0.3 is 0 Å². The first kappa shape index (κ1) is 12.1. The molecule has 1 aliphatic heterocycles. The highest BCUT2D eigenvalue weighted by Gasteiger charge is 2.37. The number of hydrogen-bond acceptors (Lipinski definition) is 3. The maximum Gasteiger partial charge on any atom is 0.125 e. The van der Waals surface area contributed by atoms with E-state index in [-0.39, 0.29) is 11.2 Å². The molecule has 1 N–H and O–H groups in total. The monoisotopic (exact) mass is 264 g/mol. The molecule has 0 aliphatic carbocycles. The minimum Gasteiger partial charge on any atom is -0.316 e. The predicted molar refractivity (Wildman–Crippen MR) is 73.7 cm³/mol. The lowest BCUT2D eigenvalue weighted by atomic mass is 9.83. The second kappa shape index (κ2) is 4.59. The molecule has 0 spiro atoms. The van der Waals surface area contributed by atoms with Crippen LogP contribution >= 0.6 is 11.3 Å². The molecule has 1 aliphatic rings. The second-order valence-electron chi connectivity index (χ2n) is 5.09. The van der Waals surface area contributed by atoms with Crippen molar-refractivity contribution >= 4 is 21.6 Å². The molecule has 2 aromatic rings. The molecule has 2 nitrogen and oxygen atoms in total. The van der Waals surface area contributed by atoms with Gasteiger partial charge in [0.1, 0.15) is 10.8 Å². The summed E-state index contributed by atoms with van der Waals surface area (Å²) in [5.41, 5.74) is 0.979. The smallest absolute Gasteiger partial charge is 0.125 e. The minimum atomic E-state index is -0.201. The van der Waals surface area contributed by atoms with Crippen LogP contribution in [0.4, 0.5) is 4.39 Å². The van der Waals surface area contributed by atoms with Crippen molar-refractivity contribution in [3.8, 4) is 0 Å². The van der Waals surface area contributed by atoms with Crippen molar-refractivity contribution in [2.24, 2.45) is 0 Å². The summed E-state index contributed by atoms with van der Waals surface area (Å²) in [6.07, 6.45) is 3.46. The molecule has 0 saturated carbocycles. The van der Waals surface area contributed by atoms with E-state index in [2.05, 4.69) is 17.2 Å². The Balaban J connectivity index is 2.06. The summed E-state index contributed by atoms with van der Waals surface area (Å²) in [6, 6.07) is 4.90. The first-order valence-corrected chi connectivity index (χ1v) is 7.32. The Labute approximate surface area is 110 Å². The Morgan fingerprint density at radius 3 is 3.11 bits per heavy atom. The molecule has 1 atom stereocenters. The fourth-order valence-electron chi connectivity index (χ4n) is 2.85. The van der Waals surface area contributed by atoms with E-state index in [4.69, 9.17) is 0 Å². The first-order valence-electron chi connectivity index (χ1n) is 6.51. The standard InChI is InChI=1S/C14H17FN2S/c1-2-5-14(6-7-16-9-14)13-17-11-8-10(15)3-4-12(11)18-13/h3-4,8,16H,2,5-7,9H2,1H3. The largest absolute Gasteiger partial charge is 0.316 e. The zero-order valence-corrected chi connectivity index (χ0v) is 11.3. The van der Waals surface area contributed by atoms with E-state index in [0.717, 1.165) is 42.6 Å². The number of hydrogen-bond donors (Lipinski definition) is 1. The van der Waals surface area contributed by atoms with Gasteiger partial charge in [0.25, 0.3) is 0 Å². The number of benzene rings is 1. The first-order chi connectivity index (χ1) is 8.73. The highest BCUT2D eigenvalue weighted by molar-refractivity contribution is 7.18. The van der Waals surface area contributed by atoms with E-state index >= 15 is 0 Å². The summed E-state index contributed by atoms with van der Waals surface area (Å²) in [6.45, 7) is 4.28. The molecule has 0 amide bonds. The molecule has 1 fully saturated rings. The van der Waals surface area contributed by atoms with Gasteiger partial charge in [-0.15, -0.1) is 11.3 Å². The summed E-state index contributed by atoms with van der Waals surface area (Å²) in [4.78, 5) is 4.68. The fraction of sp³-hybridized carbons (Fsp3) is 0.500. The van der Waals surface area contributed by atoms with E-state index in [1.807, 2.05) is 6.07 Å². The van der Waals surface area contributed by atoms with Crippen LogP contribution in [0.1, 0.15) is 31.2 Å². The van der Waals surface area contributed by atoms with E-state index < -0.39 is 0 Å². The van der Waals surface area contributed by atoms with Crippen molar-refractivity contribution in [2.75, 3.05) is 13.1 Å². The van der Waals surface area contributed by atoms with Gasteiger partial charge in [-0.3, -0.25) is 0 Å². The van der Waals surface area contributed by atoms with Gasteiger partial charge < -0.3 is 5.32 Å². The Hall–Kier alpha value is -1.00. The fourth-order valence-corrected chi connectivity index (χ4v) is 4.04. The summed E-state index contributed by atoms with van der Waals surface area (Å²) < 4.78 is 14.3. The third-order valence-electron chi connectivity index (χ3n) is 3.78. The van der Waals surface area contributed by atoms with Crippen LogP contribution in [0.2, 0.25) is 0 Å². The van der Waals surface area contributed by atoms with Crippen molar-refractivity contribution < 1.29 is 4.39 Å². The minimum absolute atomic E-state index is 0.176. The van der Waals surface area contributed by atoms with Crippen LogP contribution in [0.25, 0.3) is 10.2 Å². The maximum atomic E-state index is 13.2. The highest BCUT2D eigenvalue weighted by Crippen LogP contribution is 2.39. The topological polar surface area (TPSA) is 24.9 Å². The zero-order valence-electron chi connectivity index (χ0n) is 10.5. The van der Waals surface area contributed by atoms with Gasteiger partial charge in [0.15, 0.2) is 0 Å². The molecule has 0 bridgehead atoms. The molecule has 1 aromatic heterocycles. The van der Waals surface area contributed by atoms with Gasteiger partial charge in [-0.2, -0.15) is 0 Å². The molecule has 96 valence electrons. The number of thiazole rings is 1. The molecule has 1 unspecified atom stereocenters. The molecule has 2 heterocycles. The van der Waals surface area contributed by atoms with Gasteiger partial charge in [0.05, 0.1) is 10.2 Å². The number of nitrogens with one attached hydrogen (secondary N) is 1. The van der Waals surface area contributed by atoms with Gasteiger partial charge in [-0.1, -0.05) is 13.3 Å². The molecular weight excluding hydrogens is 247 g/mol. The van der Waals surface area contributed by atoms with Crippen LogP contribution in [-0.2, 0) is 5.41 Å². The van der Waals surface area contributed by atoms with E-state index in [0.29, 0.717) is 0 Å². The van der Waals surface area contributed by atoms with E-state index in [1.165, 1.54) is 17.1 Å². The van der Waals surface area contributed by atoms with Crippen LogP contribution in [-0.4, -0.2) is 18.1 Å². The lowest BCUT2D eigenvalue weighted by molar-refractivity contribution is 0.426. The number of nitrogens with zero attached hydrogens (tertiary/aromatic N) is 1. The van der Waals surface area contributed by atoms with Crippen molar-refractivity contribution in [2.45, 2.75) is 31.6 Å². The molecule has 3 rings (SSSR count). The number of aromatic nitrogens is 1. The molecular formula is C14H17FN2S. The summed E-state index contributed by atoms with van der Waals surface area (Å²) in [7, 11) is 0. The zero-order chi connectivity index (χ0) is 12.6. The van der Waals surface area contributed by atoms with Gasteiger partial charge in [0.2, 0.25) is 0 Å². The highest BCUT2D eigenvalue weighted by atomic mass is 32.1. The quantitative estimate of drug-likeness (QED) is 0.918. The lowest BCUT2D eigenvalue weighted by Gasteiger charge is -2.24. The van der Waals surface area contributed by atoms with Crippen LogP contribution in [0.15, 0.2) is 18.2 Å². The summed E-state index contributed by atoms with van der Waals surface area (Å²) in [5, 5.41) is 4.62. The summed E-state index contributed by atoms with van der Waals surface area (Å²) >= 11 is 1.72. The average Bonchev–Trinajstić information content (AvgIpc) is 2.95. The van der Waals surface area contributed by atoms with Crippen molar-refractivity contribution in [3.05, 3.63) is 29.0 Å². The Morgan fingerprint density at radius 1 is 1.50 bits per heavy atom. The third kappa shape index (κ3) is 1.93. The van der Waals surface area contributed by atoms with Gasteiger partial charge in [0, 0.05) is 18.0 Å². The average molecular weight is 264 g/mol. The Bertz CT molecular complexity index is 558. The van der Waals surface area contributed by atoms with Gasteiger partial charge in [-0.05, 0) is 31.5 Å². The van der Waals surface area contributed by atoms with Crippen molar-refractivity contribution in [3.63, 3.8) is 0 Å². The second-order valence-corrected chi connectivity index (χ2v) is 6.12. The van der Waals surface area contributed by atoms with Crippen LogP contribution < -0.4 is 5.32 Å². The van der Waals surface area contributed by atoms with E-state index in [9.17, 15) is 4.39 Å². The maximum absolute atomic E-state index is 13.2. The molecule has 0 radical (unpaired) electrons. The Morgan fingerprint density at radius 2 is 2.39 bits per heavy atom. The van der Waals surface area contributed by atoms with Crippen LogP contribution in [0.5, 0.6) is 0 Å². The number of halogens is 1.